The molecule has 0 spiro atoms. The first-order valence-corrected chi connectivity index (χ1v) is 8.13. The van der Waals surface area contributed by atoms with E-state index in [1.807, 2.05) is 11.8 Å². The first-order chi connectivity index (χ1) is 8.50. The zero-order chi connectivity index (χ0) is 13.5. The Bertz CT molecular complexity index is 264. The predicted octanol–water partition coefficient (Wildman–Crippen LogP) is 2.82. The lowest BCUT2D eigenvalue weighted by molar-refractivity contribution is 0.269. The van der Waals surface area contributed by atoms with Crippen LogP contribution in [0.15, 0.2) is 4.99 Å². The van der Waals surface area contributed by atoms with Gasteiger partial charge in [-0.15, -0.1) is 0 Å². The Balaban J connectivity index is 2.11. The molecule has 0 bridgehead atoms. The summed E-state index contributed by atoms with van der Waals surface area (Å²) in [7, 11) is 2.19. The normalized spacial score (nSPS) is 22.4. The number of hydrogen-bond acceptors (Lipinski definition) is 3. The van der Waals surface area contributed by atoms with Gasteiger partial charge < -0.3 is 10.2 Å². The second kappa shape index (κ2) is 8.05. The molecule has 0 amide bonds. The van der Waals surface area contributed by atoms with Crippen molar-refractivity contribution in [2.45, 2.75) is 52.6 Å². The van der Waals surface area contributed by atoms with Gasteiger partial charge in [0.05, 0.1) is 0 Å². The number of thioether (sulfide) groups is 1. The fourth-order valence-corrected chi connectivity index (χ4v) is 3.00. The summed E-state index contributed by atoms with van der Waals surface area (Å²) in [6.45, 7) is 11.2. The highest BCUT2D eigenvalue weighted by molar-refractivity contribution is 8.14. The van der Waals surface area contributed by atoms with Gasteiger partial charge in [-0.3, -0.25) is 4.99 Å². The third-order valence-electron chi connectivity index (χ3n) is 3.57. The van der Waals surface area contributed by atoms with Gasteiger partial charge in [0.2, 0.25) is 0 Å². The summed E-state index contributed by atoms with van der Waals surface area (Å²) in [5.74, 6) is 1.87. The smallest absolute Gasteiger partial charge is 0.156 e. The van der Waals surface area contributed by atoms with E-state index in [4.69, 9.17) is 0 Å². The van der Waals surface area contributed by atoms with E-state index in [0.29, 0.717) is 18.0 Å². The van der Waals surface area contributed by atoms with Crippen molar-refractivity contribution in [1.82, 2.24) is 10.2 Å². The molecule has 1 aliphatic rings. The maximum Gasteiger partial charge on any atom is 0.156 e. The summed E-state index contributed by atoms with van der Waals surface area (Å²) < 4.78 is 0. The topological polar surface area (TPSA) is 27.6 Å². The van der Waals surface area contributed by atoms with Crippen molar-refractivity contribution in [2.24, 2.45) is 10.9 Å². The van der Waals surface area contributed by atoms with Crippen LogP contribution in [0.25, 0.3) is 0 Å². The summed E-state index contributed by atoms with van der Waals surface area (Å²) in [5.41, 5.74) is 0. The summed E-state index contributed by atoms with van der Waals surface area (Å²) >= 11 is 1.88. The molecule has 1 N–H and O–H groups in total. The van der Waals surface area contributed by atoms with Gasteiger partial charge in [-0.1, -0.05) is 25.6 Å². The summed E-state index contributed by atoms with van der Waals surface area (Å²) in [6, 6.07) is 1.26. The van der Waals surface area contributed by atoms with Crippen LogP contribution < -0.4 is 5.32 Å². The van der Waals surface area contributed by atoms with Crippen molar-refractivity contribution >= 4 is 16.9 Å². The number of hydrogen-bond donors (Lipinski definition) is 1. The van der Waals surface area contributed by atoms with E-state index in [0.717, 1.165) is 11.7 Å². The minimum atomic E-state index is 0.612. The molecule has 1 saturated heterocycles. The van der Waals surface area contributed by atoms with Gasteiger partial charge in [0.25, 0.3) is 0 Å². The third kappa shape index (κ3) is 5.61. The van der Waals surface area contributed by atoms with Crippen LogP contribution in [-0.2, 0) is 0 Å². The highest BCUT2D eigenvalue weighted by Crippen LogP contribution is 2.18. The summed E-state index contributed by atoms with van der Waals surface area (Å²) in [5, 5.41) is 4.67. The van der Waals surface area contributed by atoms with Crippen LogP contribution in [0.1, 0.15) is 40.5 Å². The third-order valence-corrected chi connectivity index (χ3v) is 4.62. The second-order valence-corrected chi connectivity index (χ2v) is 6.78. The van der Waals surface area contributed by atoms with E-state index in [1.54, 1.807) is 0 Å². The van der Waals surface area contributed by atoms with E-state index in [2.05, 4.69) is 50.0 Å². The number of rotatable bonds is 7. The molecule has 4 heteroatoms. The fourth-order valence-electron chi connectivity index (χ4n) is 1.77. The first kappa shape index (κ1) is 15.8. The lowest BCUT2D eigenvalue weighted by Crippen LogP contribution is -2.31. The molecule has 1 rings (SSSR count). The van der Waals surface area contributed by atoms with Gasteiger partial charge in [-0.25, -0.2) is 0 Å². The van der Waals surface area contributed by atoms with Crippen LogP contribution in [-0.4, -0.2) is 48.0 Å². The van der Waals surface area contributed by atoms with Crippen LogP contribution in [0.4, 0.5) is 0 Å². The van der Waals surface area contributed by atoms with Crippen molar-refractivity contribution in [3.63, 3.8) is 0 Å². The van der Waals surface area contributed by atoms with Crippen molar-refractivity contribution in [3.8, 4) is 0 Å². The largest absolute Gasteiger partial charge is 0.361 e. The zero-order valence-electron chi connectivity index (χ0n) is 12.6. The van der Waals surface area contributed by atoms with Gasteiger partial charge in [0.1, 0.15) is 0 Å². The molecular weight excluding hydrogens is 242 g/mol. The Kier molecular flexibility index (Phi) is 7.08. The molecule has 0 radical (unpaired) electrons. The van der Waals surface area contributed by atoms with Crippen molar-refractivity contribution < 1.29 is 0 Å². The highest BCUT2D eigenvalue weighted by atomic mass is 32.2. The summed E-state index contributed by atoms with van der Waals surface area (Å²) in [4.78, 5) is 7.04. The van der Waals surface area contributed by atoms with E-state index < -0.39 is 0 Å². The van der Waals surface area contributed by atoms with E-state index in [9.17, 15) is 0 Å². The Morgan fingerprint density at radius 3 is 2.61 bits per heavy atom. The van der Waals surface area contributed by atoms with Crippen LogP contribution in [0.2, 0.25) is 0 Å². The zero-order valence-corrected chi connectivity index (χ0v) is 13.4. The number of unbranched alkanes of at least 4 members (excludes halogenated alkanes) is 1. The molecule has 18 heavy (non-hydrogen) atoms. The minimum absolute atomic E-state index is 0.612. The van der Waals surface area contributed by atoms with Crippen molar-refractivity contribution in [3.05, 3.63) is 0 Å². The van der Waals surface area contributed by atoms with Crippen LogP contribution in [0, 0.1) is 5.92 Å². The minimum Gasteiger partial charge on any atom is -0.361 e. The first-order valence-electron chi connectivity index (χ1n) is 7.14. The Morgan fingerprint density at radius 1 is 1.33 bits per heavy atom. The van der Waals surface area contributed by atoms with Gasteiger partial charge in [-0.05, 0) is 46.2 Å². The van der Waals surface area contributed by atoms with E-state index in [-0.39, 0.29) is 0 Å². The highest BCUT2D eigenvalue weighted by Gasteiger charge is 2.22. The molecule has 0 unspecified atom stereocenters. The molecular formula is C14H29N3S. The number of nitrogens with zero attached hydrogens (tertiary/aromatic N) is 2. The fraction of sp³-hybridized carbons (Fsp3) is 0.929. The van der Waals surface area contributed by atoms with Crippen LogP contribution in [0.5, 0.6) is 0 Å². The van der Waals surface area contributed by atoms with Crippen molar-refractivity contribution in [1.29, 1.82) is 0 Å². The molecule has 0 aromatic carbocycles. The maximum atomic E-state index is 4.65. The van der Waals surface area contributed by atoms with Crippen molar-refractivity contribution in [2.75, 3.05) is 25.9 Å². The average molecular weight is 271 g/mol. The second-order valence-electron chi connectivity index (χ2n) is 5.77. The molecule has 1 aliphatic heterocycles. The van der Waals surface area contributed by atoms with Gasteiger partial charge in [0.15, 0.2) is 5.17 Å². The molecule has 3 nitrogen and oxygen atoms in total. The predicted molar refractivity (Wildman–Crippen MR) is 83.5 cm³/mol. The lowest BCUT2D eigenvalue weighted by Gasteiger charge is -2.20. The number of amidine groups is 1. The quantitative estimate of drug-likeness (QED) is 0.722. The molecule has 106 valence electrons. The van der Waals surface area contributed by atoms with Crippen LogP contribution in [0.3, 0.4) is 0 Å². The maximum absolute atomic E-state index is 4.65. The number of nitrogens with one attached hydrogen (secondary N) is 1. The SMILES string of the molecule is CC(C)[C@H]1CSC(=NCCCCN(C)C(C)C)N1. The summed E-state index contributed by atoms with van der Waals surface area (Å²) in [6.07, 6.45) is 2.43. The molecule has 1 atom stereocenters. The molecule has 0 aromatic rings. The van der Waals surface area contributed by atoms with Crippen LogP contribution >= 0.6 is 11.8 Å². The Labute approximate surface area is 117 Å². The van der Waals surface area contributed by atoms with Gasteiger partial charge >= 0.3 is 0 Å². The molecule has 1 fully saturated rings. The molecule has 0 saturated carbocycles. The van der Waals surface area contributed by atoms with Gasteiger partial charge in [0, 0.05) is 24.4 Å². The number of aliphatic imine (C=N–C) groups is 1. The Morgan fingerprint density at radius 2 is 2.06 bits per heavy atom. The molecule has 0 aliphatic carbocycles. The van der Waals surface area contributed by atoms with Gasteiger partial charge in [-0.2, -0.15) is 0 Å². The van der Waals surface area contributed by atoms with E-state index >= 15 is 0 Å². The van der Waals surface area contributed by atoms with E-state index in [1.165, 1.54) is 25.1 Å². The lowest BCUT2D eigenvalue weighted by atomic mass is 10.1. The standard InChI is InChI=1S/C14H29N3S/c1-11(2)13-10-18-14(16-13)15-8-6-7-9-17(5)12(3)4/h11-13H,6-10H2,1-5H3,(H,15,16)/t13-/m1/s1. The monoisotopic (exact) mass is 271 g/mol. The molecule has 1 heterocycles. The Hall–Kier alpha value is -0.220. The average Bonchev–Trinajstić information content (AvgIpc) is 2.77. The molecule has 0 aromatic heterocycles.